The lowest BCUT2D eigenvalue weighted by Gasteiger charge is -2.25. The zero-order chi connectivity index (χ0) is 18.5. The molecule has 3 N–H and O–H groups in total. The summed E-state index contributed by atoms with van der Waals surface area (Å²) in [6.07, 6.45) is 0.703. The van der Waals surface area contributed by atoms with Gasteiger partial charge >= 0.3 is 0 Å². The van der Waals surface area contributed by atoms with Crippen molar-refractivity contribution in [1.82, 2.24) is 5.32 Å². The number of fused-ring (bicyclic) bond motifs is 1. The van der Waals surface area contributed by atoms with Crippen LogP contribution in [0, 0.1) is 5.92 Å². The minimum Gasteiger partial charge on any atom is -0.370 e. The van der Waals surface area contributed by atoms with Gasteiger partial charge in [-0.1, -0.05) is 48.5 Å². The van der Waals surface area contributed by atoms with Crippen LogP contribution in [0.1, 0.15) is 23.5 Å². The van der Waals surface area contributed by atoms with Gasteiger partial charge in [-0.15, -0.1) is 11.3 Å². The highest BCUT2D eigenvalue weighted by atomic mass is 32.1. The van der Waals surface area contributed by atoms with Crippen LogP contribution in [-0.4, -0.2) is 18.9 Å². The number of carbonyl (C=O) groups is 2. The van der Waals surface area contributed by atoms with E-state index in [1.54, 1.807) is 18.4 Å². The Morgan fingerprint density at radius 3 is 2.46 bits per heavy atom. The minimum atomic E-state index is -0.396. The van der Waals surface area contributed by atoms with E-state index in [9.17, 15) is 9.59 Å². The summed E-state index contributed by atoms with van der Waals surface area (Å²) in [7, 11) is 1.63. The molecule has 1 aromatic heterocycles. The van der Waals surface area contributed by atoms with E-state index in [0.717, 1.165) is 21.2 Å². The lowest BCUT2D eigenvalue weighted by Crippen LogP contribution is -2.35. The number of hydrogen-bond donors (Lipinski definition) is 2. The van der Waals surface area contributed by atoms with Crippen LogP contribution in [0.4, 0.5) is 0 Å². The van der Waals surface area contributed by atoms with Gasteiger partial charge in [0.15, 0.2) is 0 Å². The maximum Gasteiger partial charge on any atom is 0.223 e. The molecule has 26 heavy (non-hydrogen) atoms. The largest absolute Gasteiger partial charge is 0.370 e. The Bertz CT molecular complexity index is 905. The van der Waals surface area contributed by atoms with Crippen molar-refractivity contribution in [2.45, 2.75) is 18.8 Å². The molecule has 4 nitrogen and oxygen atoms in total. The Balaban J connectivity index is 2.05. The number of benzene rings is 2. The molecule has 0 aliphatic carbocycles. The summed E-state index contributed by atoms with van der Waals surface area (Å²) in [5.74, 6) is -1.10. The first-order valence-electron chi connectivity index (χ1n) is 8.60. The molecular formula is C21H22N2O2S. The van der Waals surface area contributed by atoms with Gasteiger partial charge in [0, 0.05) is 30.0 Å². The molecule has 1 heterocycles. The van der Waals surface area contributed by atoms with Crippen LogP contribution in [0.2, 0.25) is 0 Å². The Morgan fingerprint density at radius 1 is 1.08 bits per heavy atom. The first-order valence-corrected chi connectivity index (χ1v) is 9.48. The third-order valence-electron chi connectivity index (χ3n) is 4.70. The highest BCUT2D eigenvalue weighted by Gasteiger charge is 2.32. The first-order chi connectivity index (χ1) is 12.6. The topological polar surface area (TPSA) is 72.2 Å². The van der Waals surface area contributed by atoms with E-state index in [1.165, 1.54) is 0 Å². The number of carbonyl (C=O) groups excluding carboxylic acids is 2. The Kier molecular flexibility index (Phi) is 5.68. The molecule has 0 bridgehead atoms. The summed E-state index contributed by atoms with van der Waals surface area (Å²) in [5, 5.41) is 5.90. The van der Waals surface area contributed by atoms with Gasteiger partial charge in [-0.3, -0.25) is 9.59 Å². The smallest absolute Gasteiger partial charge is 0.223 e. The Labute approximate surface area is 157 Å². The summed E-state index contributed by atoms with van der Waals surface area (Å²) >= 11 is 1.63. The quantitative estimate of drug-likeness (QED) is 0.672. The van der Waals surface area contributed by atoms with Crippen molar-refractivity contribution in [3.63, 3.8) is 0 Å². The average molecular weight is 366 g/mol. The number of thiophene rings is 1. The van der Waals surface area contributed by atoms with Crippen molar-refractivity contribution in [3.05, 3.63) is 71.1 Å². The van der Waals surface area contributed by atoms with E-state index >= 15 is 0 Å². The summed E-state index contributed by atoms with van der Waals surface area (Å²) in [6, 6.07) is 17.9. The molecule has 5 heteroatoms. The molecule has 0 fully saturated rings. The van der Waals surface area contributed by atoms with E-state index in [4.69, 9.17) is 5.73 Å². The van der Waals surface area contributed by atoms with Gasteiger partial charge in [0.25, 0.3) is 0 Å². The molecule has 0 saturated heterocycles. The number of nitrogens with one attached hydrogen (secondary N) is 1. The summed E-state index contributed by atoms with van der Waals surface area (Å²) in [4.78, 5) is 24.5. The van der Waals surface area contributed by atoms with Gasteiger partial charge in [0.1, 0.15) is 0 Å². The molecule has 0 aliphatic rings. The number of primary amides is 1. The van der Waals surface area contributed by atoms with Crippen LogP contribution in [0.5, 0.6) is 0 Å². The lowest BCUT2D eigenvalue weighted by molar-refractivity contribution is -0.125. The van der Waals surface area contributed by atoms with E-state index < -0.39 is 5.91 Å². The Hall–Kier alpha value is -2.66. The maximum absolute atomic E-state index is 12.7. The third-order valence-corrected chi connectivity index (χ3v) is 5.68. The molecule has 134 valence electrons. The molecule has 0 saturated carbocycles. The molecule has 0 spiro atoms. The first kappa shape index (κ1) is 18.1. The number of hydrogen-bond acceptors (Lipinski definition) is 3. The average Bonchev–Trinajstić information content (AvgIpc) is 3.08. The van der Waals surface area contributed by atoms with Crippen LogP contribution < -0.4 is 11.1 Å². The van der Waals surface area contributed by atoms with E-state index in [-0.39, 0.29) is 24.2 Å². The predicted molar refractivity (Wildman–Crippen MR) is 106 cm³/mol. The second-order valence-corrected chi connectivity index (χ2v) is 7.29. The standard InChI is InChI=1S/C21H22N2O2S/c1-23-21(25)17(11-14-7-3-2-4-8-14)16(12-20(22)24)18-13-26-19-10-6-5-9-15(18)19/h2-10,13,16-17H,11-12H2,1H3,(H2,22,24)(H,23,25)/t16?,17-/m1/s1. The molecule has 1 unspecified atom stereocenters. The van der Waals surface area contributed by atoms with Crippen molar-refractivity contribution < 1.29 is 9.59 Å². The zero-order valence-electron chi connectivity index (χ0n) is 14.6. The summed E-state index contributed by atoms with van der Waals surface area (Å²) in [6.45, 7) is 0. The van der Waals surface area contributed by atoms with Crippen LogP contribution in [0.25, 0.3) is 10.1 Å². The van der Waals surface area contributed by atoms with Gasteiger partial charge in [0.05, 0.1) is 0 Å². The van der Waals surface area contributed by atoms with Crippen molar-refractivity contribution >= 4 is 33.2 Å². The number of rotatable bonds is 7. The van der Waals surface area contributed by atoms with Gasteiger partial charge in [0.2, 0.25) is 11.8 Å². The number of amides is 2. The summed E-state index contributed by atoms with van der Waals surface area (Å²) in [5.41, 5.74) is 7.64. The van der Waals surface area contributed by atoms with E-state index in [2.05, 4.69) is 16.8 Å². The second-order valence-electron chi connectivity index (χ2n) is 6.37. The van der Waals surface area contributed by atoms with Gasteiger partial charge in [-0.05, 0) is 34.4 Å². The van der Waals surface area contributed by atoms with E-state index in [0.29, 0.717) is 6.42 Å². The molecule has 0 aliphatic heterocycles. The normalized spacial score (nSPS) is 13.3. The fraction of sp³-hybridized carbons (Fsp3) is 0.238. The Morgan fingerprint density at radius 2 is 1.77 bits per heavy atom. The summed E-state index contributed by atoms with van der Waals surface area (Å²) < 4.78 is 1.15. The van der Waals surface area contributed by atoms with E-state index in [1.807, 2.05) is 48.5 Å². The highest BCUT2D eigenvalue weighted by molar-refractivity contribution is 7.17. The fourth-order valence-corrected chi connectivity index (χ4v) is 4.47. The highest BCUT2D eigenvalue weighted by Crippen LogP contribution is 2.38. The molecule has 0 radical (unpaired) electrons. The fourth-order valence-electron chi connectivity index (χ4n) is 3.44. The van der Waals surface area contributed by atoms with Crippen LogP contribution in [0.15, 0.2) is 60.0 Å². The predicted octanol–water partition coefficient (Wildman–Crippen LogP) is 3.47. The maximum atomic E-state index is 12.7. The van der Waals surface area contributed by atoms with Gasteiger partial charge < -0.3 is 11.1 Å². The molecule has 2 amide bonds. The number of nitrogens with two attached hydrogens (primary N) is 1. The van der Waals surface area contributed by atoms with Gasteiger partial charge in [-0.2, -0.15) is 0 Å². The van der Waals surface area contributed by atoms with Gasteiger partial charge in [-0.25, -0.2) is 0 Å². The molecule has 2 aromatic carbocycles. The SMILES string of the molecule is CNC(=O)[C@H](Cc1ccccc1)C(CC(N)=O)c1csc2ccccc12. The van der Waals surface area contributed by atoms with Crippen molar-refractivity contribution in [2.75, 3.05) is 7.05 Å². The van der Waals surface area contributed by atoms with Crippen molar-refractivity contribution in [1.29, 1.82) is 0 Å². The zero-order valence-corrected chi connectivity index (χ0v) is 15.5. The van der Waals surface area contributed by atoms with Crippen LogP contribution in [0.3, 0.4) is 0 Å². The molecule has 3 aromatic rings. The minimum absolute atomic E-state index is 0.0737. The molecule has 3 rings (SSSR count). The monoisotopic (exact) mass is 366 g/mol. The second kappa shape index (κ2) is 8.15. The lowest BCUT2D eigenvalue weighted by atomic mass is 9.79. The third kappa shape index (κ3) is 3.94. The van der Waals surface area contributed by atoms with Crippen LogP contribution >= 0.6 is 11.3 Å². The van der Waals surface area contributed by atoms with Crippen LogP contribution in [-0.2, 0) is 16.0 Å². The van der Waals surface area contributed by atoms with Crippen molar-refractivity contribution in [2.24, 2.45) is 11.7 Å². The molecular weight excluding hydrogens is 344 g/mol. The van der Waals surface area contributed by atoms with Crippen molar-refractivity contribution in [3.8, 4) is 0 Å². The molecule has 2 atom stereocenters.